The summed E-state index contributed by atoms with van der Waals surface area (Å²) in [6.07, 6.45) is -4.71. The lowest BCUT2D eigenvalue weighted by atomic mass is 9.73. The van der Waals surface area contributed by atoms with Gasteiger partial charge in [0, 0.05) is 5.92 Å². The predicted molar refractivity (Wildman–Crippen MR) is 103 cm³/mol. The lowest BCUT2D eigenvalue weighted by Gasteiger charge is -2.53. The molecule has 5 fully saturated rings. The SMILES string of the molecule is CC1CC(OC2OC(CO)C(O)C(O)C2O)C2C1CC1(O)CCC2(C)OC1(C)CO. The number of aliphatic hydroxyl groups is 6. The molecule has 0 radical (unpaired) electrons. The zero-order valence-electron chi connectivity index (χ0n) is 17.8. The summed E-state index contributed by atoms with van der Waals surface area (Å²) in [5.74, 6) is 0.187. The number of hydrogen-bond donors (Lipinski definition) is 6. The minimum Gasteiger partial charge on any atom is -0.394 e. The highest BCUT2D eigenvalue weighted by Gasteiger charge is 2.66. The lowest BCUT2D eigenvalue weighted by molar-refractivity contribution is -0.324. The molecule has 5 rings (SSSR count). The largest absolute Gasteiger partial charge is 0.394 e. The molecular weight excluding hydrogens is 396 g/mol. The number of aliphatic hydroxyl groups excluding tert-OH is 5. The molecule has 0 aromatic rings. The number of rotatable bonds is 4. The van der Waals surface area contributed by atoms with Crippen molar-refractivity contribution in [2.24, 2.45) is 17.8 Å². The first-order valence-corrected chi connectivity index (χ1v) is 11.0. The molecule has 9 nitrogen and oxygen atoms in total. The maximum Gasteiger partial charge on any atom is 0.186 e. The van der Waals surface area contributed by atoms with Crippen molar-refractivity contribution in [3.63, 3.8) is 0 Å². The lowest BCUT2D eigenvalue weighted by Crippen LogP contribution is -2.63. The highest BCUT2D eigenvalue weighted by Crippen LogP contribution is 2.60. The molecule has 0 aromatic carbocycles. The van der Waals surface area contributed by atoms with Gasteiger partial charge in [0.2, 0.25) is 0 Å². The molecule has 12 atom stereocenters. The smallest absolute Gasteiger partial charge is 0.186 e. The Morgan fingerprint density at radius 1 is 1.03 bits per heavy atom. The van der Waals surface area contributed by atoms with Gasteiger partial charge >= 0.3 is 0 Å². The fraction of sp³-hybridized carbons (Fsp3) is 1.00. The van der Waals surface area contributed by atoms with Crippen molar-refractivity contribution in [3.05, 3.63) is 0 Å². The van der Waals surface area contributed by atoms with Gasteiger partial charge in [0.1, 0.15) is 30.0 Å². The Labute approximate surface area is 176 Å². The van der Waals surface area contributed by atoms with E-state index >= 15 is 0 Å². The average Bonchev–Trinajstić information content (AvgIpc) is 2.90. The third-order valence-electron chi connectivity index (χ3n) is 8.41. The van der Waals surface area contributed by atoms with Crippen molar-refractivity contribution in [3.8, 4) is 0 Å². The minimum atomic E-state index is -1.49. The van der Waals surface area contributed by atoms with E-state index in [1.54, 1.807) is 6.92 Å². The van der Waals surface area contributed by atoms with Crippen LogP contribution in [0.25, 0.3) is 0 Å². The Hall–Kier alpha value is -0.360. The van der Waals surface area contributed by atoms with E-state index in [1.165, 1.54) is 0 Å². The second-order valence-corrected chi connectivity index (χ2v) is 10.3. The van der Waals surface area contributed by atoms with Crippen LogP contribution in [0.2, 0.25) is 0 Å². The molecule has 174 valence electrons. The van der Waals surface area contributed by atoms with Gasteiger partial charge in [-0.15, -0.1) is 0 Å². The molecule has 2 bridgehead atoms. The van der Waals surface area contributed by atoms with Crippen LogP contribution in [0.1, 0.15) is 46.5 Å². The summed E-state index contributed by atoms with van der Waals surface area (Å²) in [4.78, 5) is 0. The van der Waals surface area contributed by atoms with E-state index in [0.717, 1.165) is 0 Å². The zero-order chi connectivity index (χ0) is 22.1. The zero-order valence-corrected chi connectivity index (χ0v) is 17.8. The van der Waals surface area contributed by atoms with Gasteiger partial charge in [-0.2, -0.15) is 0 Å². The van der Waals surface area contributed by atoms with Gasteiger partial charge in [-0.3, -0.25) is 0 Å². The first kappa shape index (κ1) is 22.8. The summed E-state index contributed by atoms with van der Waals surface area (Å²) in [7, 11) is 0. The van der Waals surface area contributed by atoms with Crippen molar-refractivity contribution < 1.29 is 44.8 Å². The molecule has 5 aliphatic rings. The van der Waals surface area contributed by atoms with Gasteiger partial charge in [0.15, 0.2) is 6.29 Å². The predicted octanol–water partition coefficient (Wildman–Crippen LogP) is -1.10. The second kappa shape index (κ2) is 7.60. The van der Waals surface area contributed by atoms with E-state index in [0.29, 0.717) is 25.7 Å². The molecule has 0 amide bonds. The standard InChI is InChI=1S/C21H36O9/c1-10-6-12(28-18-17(26)16(25)15(24)13(8-22)29-18)14-11(10)7-21(27)5-4-19(14,2)30-20(21,3)9-23/h10-18,22-27H,4-9H2,1-3H3. The molecule has 12 unspecified atom stereocenters. The van der Waals surface area contributed by atoms with Gasteiger partial charge in [0.05, 0.1) is 30.5 Å². The third kappa shape index (κ3) is 3.25. The molecule has 2 saturated carbocycles. The highest BCUT2D eigenvalue weighted by atomic mass is 16.7. The second-order valence-electron chi connectivity index (χ2n) is 10.3. The number of fused-ring (bicyclic) bond motifs is 2. The topological polar surface area (TPSA) is 149 Å². The molecule has 2 aliphatic carbocycles. The van der Waals surface area contributed by atoms with Crippen molar-refractivity contribution in [1.82, 2.24) is 0 Å². The summed E-state index contributed by atoms with van der Waals surface area (Å²) in [6.45, 7) is 5.04. The first-order chi connectivity index (χ1) is 14.0. The Morgan fingerprint density at radius 2 is 1.73 bits per heavy atom. The molecule has 3 heterocycles. The Morgan fingerprint density at radius 3 is 2.37 bits per heavy atom. The highest BCUT2D eigenvalue weighted by molar-refractivity contribution is 5.15. The molecule has 30 heavy (non-hydrogen) atoms. The summed E-state index contributed by atoms with van der Waals surface area (Å²) in [5.41, 5.74) is -2.85. The minimum absolute atomic E-state index is 0.0887. The molecular formula is C21H36O9. The van der Waals surface area contributed by atoms with Gasteiger partial charge in [0.25, 0.3) is 0 Å². The Balaban J connectivity index is 1.61. The molecule has 3 aliphatic heterocycles. The summed E-state index contributed by atoms with van der Waals surface area (Å²) in [5, 5.41) is 61.4. The number of hydrogen-bond acceptors (Lipinski definition) is 9. The van der Waals surface area contributed by atoms with Gasteiger partial charge in [-0.25, -0.2) is 0 Å². The van der Waals surface area contributed by atoms with Crippen LogP contribution in [0.5, 0.6) is 0 Å². The molecule has 9 heteroatoms. The van der Waals surface area contributed by atoms with Crippen LogP contribution in [0.15, 0.2) is 0 Å². The maximum atomic E-state index is 11.4. The van der Waals surface area contributed by atoms with E-state index in [9.17, 15) is 30.6 Å². The third-order valence-corrected chi connectivity index (χ3v) is 8.41. The molecule has 6 N–H and O–H groups in total. The summed E-state index contributed by atoms with van der Waals surface area (Å²) >= 11 is 0. The van der Waals surface area contributed by atoms with Crippen molar-refractivity contribution >= 4 is 0 Å². The van der Waals surface area contributed by atoms with Crippen LogP contribution in [0, 0.1) is 17.8 Å². The van der Waals surface area contributed by atoms with Crippen LogP contribution < -0.4 is 0 Å². The van der Waals surface area contributed by atoms with Crippen LogP contribution >= 0.6 is 0 Å². The molecule has 0 aromatic heterocycles. The van der Waals surface area contributed by atoms with Gasteiger partial charge in [-0.1, -0.05) is 6.92 Å². The van der Waals surface area contributed by atoms with E-state index in [2.05, 4.69) is 6.92 Å². The van der Waals surface area contributed by atoms with Gasteiger partial charge < -0.3 is 44.8 Å². The first-order valence-electron chi connectivity index (χ1n) is 11.0. The summed E-state index contributed by atoms with van der Waals surface area (Å²) in [6, 6.07) is 0. The molecule has 0 spiro atoms. The molecule has 3 saturated heterocycles. The fourth-order valence-corrected chi connectivity index (χ4v) is 6.49. The van der Waals surface area contributed by atoms with Gasteiger partial charge in [-0.05, 0) is 51.4 Å². The Kier molecular flexibility index (Phi) is 5.78. The van der Waals surface area contributed by atoms with Crippen LogP contribution in [0.3, 0.4) is 0 Å². The maximum absolute atomic E-state index is 11.4. The van der Waals surface area contributed by atoms with Crippen LogP contribution in [-0.4, -0.2) is 97.5 Å². The summed E-state index contributed by atoms with van der Waals surface area (Å²) < 4.78 is 18.2. The van der Waals surface area contributed by atoms with Crippen LogP contribution in [-0.2, 0) is 14.2 Å². The average molecular weight is 433 g/mol. The quantitative estimate of drug-likeness (QED) is 0.325. The van der Waals surface area contributed by atoms with Crippen molar-refractivity contribution in [2.75, 3.05) is 13.2 Å². The number of ether oxygens (including phenoxy) is 3. The van der Waals surface area contributed by atoms with Crippen LogP contribution in [0.4, 0.5) is 0 Å². The van der Waals surface area contributed by atoms with E-state index < -0.39 is 54.1 Å². The van der Waals surface area contributed by atoms with E-state index in [4.69, 9.17) is 14.2 Å². The Bertz CT molecular complexity index is 646. The van der Waals surface area contributed by atoms with Crippen molar-refractivity contribution in [1.29, 1.82) is 0 Å². The van der Waals surface area contributed by atoms with Crippen molar-refractivity contribution in [2.45, 2.75) is 100 Å². The monoisotopic (exact) mass is 432 g/mol. The van der Waals surface area contributed by atoms with E-state index in [1.807, 2.05) is 6.92 Å². The normalized spacial score (nSPS) is 58.5. The fourth-order valence-electron chi connectivity index (χ4n) is 6.49. The van der Waals surface area contributed by atoms with E-state index in [-0.39, 0.29) is 30.5 Å².